The molecule has 0 unspecified atom stereocenters. The van der Waals surface area contributed by atoms with Gasteiger partial charge >= 0.3 is 6.03 Å². The number of aryl methyl sites for hydroxylation is 2. The van der Waals surface area contributed by atoms with Crippen LogP contribution in [0.5, 0.6) is 0 Å². The van der Waals surface area contributed by atoms with E-state index in [1.807, 2.05) is 0 Å². The number of urea groups is 1. The highest BCUT2D eigenvalue weighted by Crippen LogP contribution is 2.26. The van der Waals surface area contributed by atoms with Gasteiger partial charge in [0.1, 0.15) is 0 Å². The highest BCUT2D eigenvalue weighted by atomic mass is 16.6. The molecule has 1 heterocycles. The van der Waals surface area contributed by atoms with Crippen LogP contribution in [0.2, 0.25) is 0 Å². The number of hydrogen-bond donors (Lipinski definition) is 1. The maximum absolute atomic E-state index is 12.8. The van der Waals surface area contributed by atoms with Crippen molar-refractivity contribution in [3.63, 3.8) is 0 Å². The molecule has 0 saturated carbocycles. The number of amides is 4. The number of benzene rings is 2. The fraction of sp³-hybridized carbons (Fsp3) is 0.158. The minimum absolute atomic E-state index is 0.158. The number of imide groups is 2. The van der Waals surface area contributed by atoms with Crippen LogP contribution in [0.3, 0.4) is 0 Å². The summed E-state index contributed by atoms with van der Waals surface area (Å²) in [5.41, 5.74) is 1.79. The molecule has 0 aromatic heterocycles. The molecule has 9 nitrogen and oxygen atoms in total. The van der Waals surface area contributed by atoms with E-state index in [0.29, 0.717) is 16.8 Å². The lowest BCUT2D eigenvalue weighted by molar-refractivity contribution is -0.384. The van der Waals surface area contributed by atoms with Gasteiger partial charge < -0.3 is 0 Å². The van der Waals surface area contributed by atoms with Crippen molar-refractivity contribution >= 4 is 41.1 Å². The van der Waals surface area contributed by atoms with Crippen LogP contribution in [-0.2, 0) is 9.59 Å². The van der Waals surface area contributed by atoms with Crippen molar-refractivity contribution in [2.75, 3.05) is 4.90 Å². The van der Waals surface area contributed by atoms with Crippen LogP contribution in [0.1, 0.15) is 11.1 Å². The molecule has 4 amide bonds. The number of rotatable bonds is 4. The average Bonchev–Trinajstić information content (AvgIpc) is 2.64. The van der Waals surface area contributed by atoms with Crippen LogP contribution < -0.4 is 10.2 Å². The molecule has 0 radical (unpaired) electrons. The number of barbiturate groups is 1. The maximum atomic E-state index is 12.8. The minimum Gasteiger partial charge on any atom is -0.276 e. The molecule has 1 fully saturated rings. The Kier molecular flexibility index (Phi) is 4.99. The van der Waals surface area contributed by atoms with Gasteiger partial charge in [0.05, 0.1) is 16.3 Å². The number of anilines is 1. The molecular weight excluding hydrogens is 364 g/mol. The van der Waals surface area contributed by atoms with Crippen LogP contribution in [0.15, 0.2) is 47.5 Å². The fourth-order valence-electron chi connectivity index (χ4n) is 2.77. The van der Waals surface area contributed by atoms with Gasteiger partial charge in [0.25, 0.3) is 11.6 Å². The third kappa shape index (κ3) is 3.50. The number of carbonyl (C=O) groups is 3. The maximum Gasteiger partial charge on any atom is 0.335 e. The number of aliphatic imine (C=N–C) groups is 1. The van der Waals surface area contributed by atoms with Crippen LogP contribution in [0.25, 0.3) is 0 Å². The summed E-state index contributed by atoms with van der Waals surface area (Å²) in [4.78, 5) is 52.6. The molecule has 1 N–H and O–H groups in total. The van der Waals surface area contributed by atoms with Crippen molar-refractivity contribution in [2.45, 2.75) is 13.8 Å². The summed E-state index contributed by atoms with van der Waals surface area (Å²) in [5, 5.41) is 13.1. The van der Waals surface area contributed by atoms with Crippen molar-refractivity contribution in [1.82, 2.24) is 5.32 Å². The highest BCUT2D eigenvalue weighted by Gasteiger charge is 2.40. The van der Waals surface area contributed by atoms with Gasteiger partial charge in [0, 0.05) is 18.3 Å². The van der Waals surface area contributed by atoms with E-state index in [1.54, 1.807) is 38.1 Å². The number of carbonyl (C=O) groups excluding carboxylic acids is 3. The lowest BCUT2D eigenvalue weighted by atomic mass is 10.0. The summed E-state index contributed by atoms with van der Waals surface area (Å²) in [6.07, 6.45) is 1.10. The molecule has 9 heteroatoms. The number of nitro groups is 1. The normalized spacial score (nSPS) is 17.1. The predicted molar refractivity (Wildman–Crippen MR) is 102 cm³/mol. The molecule has 1 atom stereocenters. The van der Waals surface area contributed by atoms with Crippen LogP contribution in [0.4, 0.5) is 21.9 Å². The van der Waals surface area contributed by atoms with Gasteiger partial charge in [-0.25, -0.2) is 9.69 Å². The Bertz CT molecular complexity index is 1030. The second-order valence-electron chi connectivity index (χ2n) is 6.24. The van der Waals surface area contributed by atoms with Gasteiger partial charge in [-0.2, -0.15) is 0 Å². The number of nitrogens with one attached hydrogen (secondary N) is 1. The van der Waals surface area contributed by atoms with E-state index < -0.39 is 28.7 Å². The average molecular weight is 380 g/mol. The summed E-state index contributed by atoms with van der Waals surface area (Å²) < 4.78 is 0. The van der Waals surface area contributed by atoms with Crippen LogP contribution in [0, 0.1) is 29.9 Å². The Morgan fingerprint density at radius 1 is 1.11 bits per heavy atom. The Hall–Kier alpha value is -3.88. The number of nitrogens with zero attached hydrogens (tertiary/aromatic N) is 3. The lowest BCUT2D eigenvalue weighted by Gasteiger charge is -2.29. The molecule has 1 aliphatic heterocycles. The zero-order valence-electron chi connectivity index (χ0n) is 15.1. The third-order valence-electron chi connectivity index (χ3n) is 4.32. The van der Waals surface area contributed by atoms with E-state index in [9.17, 15) is 24.5 Å². The van der Waals surface area contributed by atoms with E-state index in [-0.39, 0.29) is 11.4 Å². The quantitative estimate of drug-likeness (QED) is 0.378. The highest BCUT2D eigenvalue weighted by molar-refractivity contribution is 6.32. The first-order valence-electron chi connectivity index (χ1n) is 8.33. The van der Waals surface area contributed by atoms with Gasteiger partial charge in [-0.15, -0.1) is 0 Å². The van der Waals surface area contributed by atoms with Crippen molar-refractivity contribution < 1.29 is 19.3 Å². The summed E-state index contributed by atoms with van der Waals surface area (Å²) in [7, 11) is 0. The van der Waals surface area contributed by atoms with Gasteiger partial charge in [0.15, 0.2) is 5.92 Å². The number of nitro benzene ring substituents is 1. The van der Waals surface area contributed by atoms with E-state index in [4.69, 9.17) is 0 Å². The molecule has 0 bridgehead atoms. The molecule has 2 aromatic carbocycles. The number of para-hydroxylation sites is 1. The van der Waals surface area contributed by atoms with Crippen molar-refractivity contribution in [1.29, 1.82) is 0 Å². The van der Waals surface area contributed by atoms with Crippen LogP contribution >= 0.6 is 0 Å². The zero-order valence-corrected chi connectivity index (χ0v) is 15.1. The molecule has 0 spiro atoms. The molecule has 0 aliphatic carbocycles. The molecule has 28 heavy (non-hydrogen) atoms. The fourth-order valence-corrected chi connectivity index (χ4v) is 2.77. The molecule has 142 valence electrons. The second kappa shape index (κ2) is 7.39. The summed E-state index contributed by atoms with van der Waals surface area (Å²) >= 11 is 0. The Morgan fingerprint density at radius 2 is 1.82 bits per heavy atom. The van der Waals surface area contributed by atoms with Crippen molar-refractivity contribution in [3.8, 4) is 0 Å². The number of non-ortho nitro benzene ring substituents is 1. The predicted octanol–water partition coefficient (Wildman–Crippen LogP) is 2.81. The summed E-state index contributed by atoms with van der Waals surface area (Å²) in [5.74, 6) is -2.88. The van der Waals surface area contributed by atoms with Crippen molar-refractivity contribution in [3.05, 3.63) is 63.7 Å². The molecule has 1 aliphatic rings. The molecule has 2 aromatic rings. The summed E-state index contributed by atoms with van der Waals surface area (Å²) in [6.45, 7) is 3.43. The first kappa shape index (κ1) is 18.9. The monoisotopic (exact) mass is 380 g/mol. The largest absolute Gasteiger partial charge is 0.335 e. The summed E-state index contributed by atoms with van der Waals surface area (Å²) in [6, 6.07) is 10.1. The van der Waals surface area contributed by atoms with E-state index in [1.165, 1.54) is 18.2 Å². The van der Waals surface area contributed by atoms with Gasteiger partial charge in [-0.1, -0.05) is 24.3 Å². The second-order valence-corrected chi connectivity index (χ2v) is 6.24. The third-order valence-corrected chi connectivity index (χ3v) is 4.32. The SMILES string of the molecule is Cc1ccc([N+](=O)[O-])cc1N=C[C@H]1C(=O)NC(=O)N(c2ccccc2C)C1=O. The van der Waals surface area contributed by atoms with Crippen molar-refractivity contribution in [2.24, 2.45) is 10.9 Å². The Labute approximate surface area is 159 Å². The topological polar surface area (TPSA) is 122 Å². The molecule has 3 rings (SSSR count). The molecular formula is C19H16N4O5. The number of hydrogen-bond acceptors (Lipinski definition) is 6. The van der Waals surface area contributed by atoms with Gasteiger partial charge in [0.2, 0.25) is 5.91 Å². The zero-order chi connectivity index (χ0) is 20.4. The van der Waals surface area contributed by atoms with Gasteiger partial charge in [-0.3, -0.25) is 30.0 Å². The first-order chi connectivity index (χ1) is 13.3. The Balaban J connectivity index is 1.95. The minimum atomic E-state index is -1.34. The first-order valence-corrected chi connectivity index (χ1v) is 8.33. The van der Waals surface area contributed by atoms with Crippen LogP contribution in [-0.4, -0.2) is 29.0 Å². The molecule has 1 saturated heterocycles. The van der Waals surface area contributed by atoms with E-state index >= 15 is 0 Å². The van der Waals surface area contributed by atoms with Gasteiger partial charge in [-0.05, 0) is 31.0 Å². The van der Waals surface area contributed by atoms with E-state index in [0.717, 1.165) is 11.1 Å². The lowest BCUT2D eigenvalue weighted by Crippen LogP contribution is -2.58. The van der Waals surface area contributed by atoms with E-state index in [2.05, 4.69) is 10.3 Å². The Morgan fingerprint density at radius 3 is 2.50 bits per heavy atom. The standard InChI is InChI=1S/C19H16N4O5/c1-11-7-8-13(23(27)28)9-15(11)20-10-14-17(24)21-19(26)22(18(14)25)16-6-4-3-5-12(16)2/h3-10,14H,1-2H3,(H,21,24,26)/t14-/m0/s1. The smallest absolute Gasteiger partial charge is 0.276 e.